The molecule has 1 aromatic carbocycles. The predicted molar refractivity (Wildman–Crippen MR) is 82.1 cm³/mol. The molecule has 20 heavy (non-hydrogen) atoms. The van der Waals surface area contributed by atoms with Gasteiger partial charge in [-0.05, 0) is 68.5 Å². The topological polar surface area (TPSA) is 38.5 Å². The monoisotopic (exact) mass is 274 g/mol. The minimum Gasteiger partial charge on any atom is -0.497 e. The van der Waals surface area contributed by atoms with Gasteiger partial charge in [-0.2, -0.15) is 0 Å². The molecule has 110 valence electrons. The Bertz CT molecular complexity index is 468. The maximum Gasteiger partial charge on any atom is 0.119 e. The fraction of sp³-hybridized carbons (Fsp3) is 0.647. The van der Waals surface area contributed by atoms with Crippen molar-refractivity contribution in [2.24, 2.45) is 5.73 Å². The molecule has 0 amide bonds. The first-order valence-electron chi connectivity index (χ1n) is 7.93. The summed E-state index contributed by atoms with van der Waals surface area (Å²) in [4.78, 5) is 2.65. The van der Waals surface area contributed by atoms with Crippen LogP contribution >= 0.6 is 0 Å². The van der Waals surface area contributed by atoms with Gasteiger partial charge in [-0.3, -0.25) is 4.90 Å². The van der Waals surface area contributed by atoms with Crippen molar-refractivity contribution in [3.8, 4) is 5.75 Å². The Hall–Kier alpha value is -1.06. The first kappa shape index (κ1) is 13.9. The summed E-state index contributed by atoms with van der Waals surface area (Å²) in [6.07, 6.45) is 7.58. The number of aryl methyl sites for hydroxylation is 1. The lowest BCUT2D eigenvalue weighted by atomic mass is 9.74. The molecule has 2 N–H and O–H groups in total. The van der Waals surface area contributed by atoms with E-state index in [9.17, 15) is 0 Å². The fourth-order valence-electron chi connectivity index (χ4n) is 4.06. The van der Waals surface area contributed by atoms with Gasteiger partial charge in [-0.1, -0.05) is 12.5 Å². The number of likely N-dealkylation sites (tertiary alicyclic amines) is 1. The van der Waals surface area contributed by atoms with Crippen LogP contribution in [0.25, 0.3) is 0 Å². The summed E-state index contributed by atoms with van der Waals surface area (Å²) in [5, 5.41) is 0. The Morgan fingerprint density at radius 3 is 2.70 bits per heavy atom. The summed E-state index contributed by atoms with van der Waals surface area (Å²) in [6, 6.07) is 6.57. The van der Waals surface area contributed by atoms with Gasteiger partial charge in [0.1, 0.15) is 5.75 Å². The van der Waals surface area contributed by atoms with E-state index in [4.69, 9.17) is 10.5 Å². The van der Waals surface area contributed by atoms with Crippen molar-refractivity contribution in [1.82, 2.24) is 4.90 Å². The van der Waals surface area contributed by atoms with E-state index in [1.54, 1.807) is 7.11 Å². The Balaban J connectivity index is 2.00. The Labute approximate surface area is 122 Å². The second-order valence-electron chi connectivity index (χ2n) is 6.16. The Morgan fingerprint density at radius 1 is 1.20 bits per heavy atom. The molecule has 0 aromatic heterocycles. The van der Waals surface area contributed by atoms with Crippen molar-refractivity contribution in [2.75, 3.05) is 26.7 Å². The summed E-state index contributed by atoms with van der Waals surface area (Å²) in [7, 11) is 1.74. The number of methoxy groups -OCH3 is 1. The molecule has 1 aromatic rings. The molecule has 0 radical (unpaired) electrons. The number of benzene rings is 1. The molecular formula is C17H26N2O. The largest absolute Gasteiger partial charge is 0.497 e. The van der Waals surface area contributed by atoms with E-state index >= 15 is 0 Å². The second-order valence-corrected chi connectivity index (χ2v) is 6.16. The van der Waals surface area contributed by atoms with E-state index in [2.05, 4.69) is 23.1 Å². The highest BCUT2D eigenvalue weighted by molar-refractivity contribution is 5.42. The van der Waals surface area contributed by atoms with Gasteiger partial charge in [0.15, 0.2) is 0 Å². The van der Waals surface area contributed by atoms with E-state index in [0.29, 0.717) is 0 Å². The number of piperidine rings is 1. The molecule has 2 aliphatic rings. The van der Waals surface area contributed by atoms with Crippen molar-refractivity contribution >= 4 is 0 Å². The van der Waals surface area contributed by atoms with Crippen LogP contribution in [0, 0.1) is 0 Å². The van der Waals surface area contributed by atoms with Gasteiger partial charge in [0.05, 0.1) is 12.6 Å². The van der Waals surface area contributed by atoms with Crippen molar-refractivity contribution in [2.45, 2.75) is 44.1 Å². The number of ether oxygens (including phenoxy) is 1. The van der Waals surface area contributed by atoms with Gasteiger partial charge >= 0.3 is 0 Å². The average Bonchev–Trinajstić information content (AvgIpc) is 2.54. The maximum atomic E-state index is 6.28. The zero-order valence-electron chi connectivity index (χ0n) is 12.5. The van der Waals surface area contributed by atoms with Gasteiger partial charge in [0, 0.05) is 6.54 Å². The molecule has 1 fully saturated rings. The van der Waals surface area contributed by atoms with Crippen LogP contribution in [0.2, 0.25) is 0 Å². The number of rotatable bonds is 3. The van der Waals surface area contributed by atoms with Crippen molar-refractivity contribution in [3.63, 3.8) is 0 Å². The van der Waals surface area contributed by atoms with Crippen molar-refractivity contribution in [3.05, 3.63) is 29.3 Å². The van der Waals surface area contributed by atoms with Gasteiger partial charge in [0.25, 0.3) is 0 Å². The smallest absolute Gasteiger partial charge is 0.119 e. The SMILES string of the molecule is COc1ccc2c(c1)CCCC2(CN)N1CCCCC1. The van der Waals surface area contributed by atoms with Crippen molar-refractivity contribution in [1.29, 1.82) is 0 Å². The predicted octanol–water partition coefficient (Wildman–Crippen LogP) is 2.67. The third-order valence-corrected chi connectivity index (χ3v) is 5.15. The van der Waals surface area contributed by atoms with Crippen LogP contribution < -0.4 is 10.5 Å². The van der Waals surface area contributed by atoms with Gasteiger partial charge in [0.2, 0.25) is 0 Å². The lowest BCUT2D eigenvalue weighted by molar-refractivity contribution is 0.0545. The molecule has 0 bridgehead atoms. The van der Waals surface area contributed by atoms with Crippen molar-refractivity contribution < 1.29 is 4.74 Å². The molecule has 3 rings (SSSR count). The minimum absolute atomic E-state index is 0.0697. The normalized spacial score (nSPS) is 27.1. The van der Waals surface area contributed by atoms with Gasteiger partial charge in [-0.15, -0.1) is 0 Å². The summed E-state index contributed by atoms with van der Waals surface area (Å²) in [5.74, 6) is 0.968. The molecular weight excluding hydrogens is 248 g/mol. The second kappa shape index (κ2) is 5.74. The summed E-state index contributed by atoms with van der Waals surface area (Å²) >= 11 is 0. The third kappa shape index (κ3) is 2.23. The van der Waals surface area contributed by atoms with E-state index in [1.165, 1.54) is 56.3 Å². The lowest BCUT2D eigenvalue weighted by Crippen LogP contribution is -2.54. The zero-order valence-corrected chi connectivity index (χ0v) is 12.5. The quantitative estimate of drug-likeness (QED) is 0.921. The number of hydrogen-bond acceptors (Lipinski definition) is 3. The molecule has 3 nitrogen and oxygen atoms in total. The molecule has 1 aliphatic heterocycles. The molecule has 1 unspecified atom stereocenters. The Morgan fingerprint density at radius 2 is 2.00 bits per heavy atom. The lowest BCUT2D eigenvalue weighted by Gasteiger charge is -2.48. The van der Waals surface area contributed by atoms with Crippen LogP contribution in [0.1, 0.15) is 43.2 Å². The van der Waals surface area contributed by atoms with E-state index in [0.717, 1.165) is 18.7 Å². The van der Waals surface area contributed by atoms with Crippen LogP contribution in [0.5, 0.6) is 5.75 Å². The molecule has 1 aliphatic carbocycles. The summed E-state index contributed by atoms with van der Waals surface area (Å²) in [6.45, 7) is 3.12. The molecule has 1 saturated heterocycles. The number of fused-ring (bicyclic) bond motifs is 1. The Kier molecular flexibility index (Phi) is 3.99. The summed E-state index contributed by atoms with van der Waals surface area (Å²) < 4.78 is 5.38. The van der Waals surface area contributed by atoms with Crippen LogP contribution in [0.15, 0.2) is 18.2 Å². The minimum atomic E-state index is 0.0697. The third-order valence-electron chi connectivity index (χ3n) is 5.15. The zero-order chi connectivity index (χ0) is 14.0. The summed E-state index contributed by atoms with van der Waals surface area (Å²) in [5.41, 5.74) is 9.24. The van der Waals surface area contributed by atoms with Crippen LogP contribution in [-0.4, -0.2) is 31.6 Å². The van der Waals surface area contributed by atoms with Gasteiger partial charge < -0.3 is 10.5 Å². The van der Waals surface area contributed by atoms with E-state index in [-0.39, 0.29) is 5.54 Å². The van der Waals surface area contributed by atoms with Crippen LogP contribution in [-0.2, 0) is 12.0 Å². The first-order valence-corrected chi connectivity index (χ1v) is 7.93. The highest BCUT2D eigenvalue weighted by Crippen LogP contribution is 2.41. The molecule has 1 heterocycles. The molecule has 1 atom stereocenters. The van der Waals surface area contributed by atoms with E-state index in [1.807, 2.05) is 0 Å². The average molecular weight is 274 g/mol. The number of hydrogen-bond donors (Lipinski definition) is 1. The van der Waals surface area contributed by atoms with Crippen LogP contribution in [0.3, 0.4) is 0 Å². The molecule has 0 spiro atoms. The fourth-order valence-corrected chi connectivity index (χ4v) is 4.06. The first-order chi connectivity index (χ1) is 9.80. The maximum absolute atomic E-state index is 6.28. The van der Waals surface area contributed by atoms with Crippen LogP contribution in [0.4, 0.5) is 0 Å². The standard InChI is InChI=1S/C17H26N2O/c1-20-15-7-8-16-14(12-15)6-5-9-17(16,13-18)19-10-3-2-4-11-19/h7-8,12H,2-6,9-11,13,18H2,1H3. The van der Waals surface area contributed by atoms with E-state index < -0.39 is 0 Å². The number of nitrogens with zero attached hydrogens (tertiary/aromatic N) is 1. The molecule has 3 heteroatoms. The molecule has 0 saturated carbocycles. The number of nitrogens with two attached hydrogens (primary N) is 1. The highest BCUT2D eigenvalue weighted by Gasteiger charge is 2.40. The van der Waals surface area contributed by atoms with Gasteiger partial charge in [-0.25, -0.2) is 0 Å². The highest BCUT2D eigenvalue weighted by atomic mass is 16.5.